The molecule has 160 valence electrons. The monoisotopic (exact) mass is 399 g/mol. The molecule has 2 aromatic rings. The van der Waals surface area contributed by atoms with Crippen molar-refractivity contribution in [1.29, 1.82) is 0 Å². The number of β-amino-alcohol motifs (C(OH)–C–C–N with tert-alkyl or cyclic N) is 1. The SMILES string of the molecule is CCCCCCCCN1CCN(CC(O)c2ccnc3ccc(OC)cc23)CC1. The predicted molar refractivity (Wildman–Crippen MR) is 120 cm³/mol. The minimum absolute atomic E-state index is 0.516. The Balaban J connectivity index is 1.46. The molecule has 1 aliphatic heterocycles. The Bertz CT molecular complexity index is 744. The first kappa shape index (κ1) is 22.0. The third-order valence-electron chi connectivity index (χ3n) is 6.07. The number of methoxy groups -OCH3 is 1. The van der Waals surface area contributed by atoms with Gasteiger partial charge in [0.1, 0.15) is 5.75 Å². The van der Waals surface area contributed by atoms with E-state index in [4.69, 9.17) is 4.74 Å². The zero-order valence-corrected chi connectivity index (χ0v) is 18.1. The molecule has 1 N–H and O–H groups in total. The number of piperazine rings is 1. The number of nitrogens with zero attached hydrogens (tertiary/aromatic N) is 3. The van der Waals surface area contributed by atoms with E-state index in [1.165, 1.54) is 45.1 Å². The van der Waals surface area contributed by atoms with Crippen LogP contribution in [0.25, 0.3) is 10.9 Å². The predicted octanol–water partition coefficient (Wildman–Crippen LogP) is 4.25. The van der Waals surface area contributed by atoms with E-state index < -0.39 is 6.10 Å². The second-order valence-electron chi connectivity index (χ2n) is 8.21. The van der Waals surface area contributed by atoms with Crippen LogP contribution in [-0.2, 0) is 0 Å². The smallest absolute Gasteiger partial charge is 0.119 e. The van der Waals surface area contributed by atoms with Crippen molar-refractivity contribution in [2.45, 2.75) is 51.6 Å². The normalized spacial score (nSPS) is 16.9. The summed E-state index contributed by atoms with van der Waals surface area (Å²) in [5.74, 6) is 0.794. The van der Waals surface area contributed by atoms with Crippen LogP contribution >= 0.6 is 0 Å². The average molecular weight is 400 g/mol. The van der Waals surface area contributed by atoms with E-state index in [9.17, 15) is 5.11 Å². The first-order chi connectivity index (χ1) is 14.2. The quantitative estimate of drug-likeness (QED) is 0.572. The lowest BCUT2D eigenvalue weighted by atomic mass is 10.0. The molecular weight excluding hydrogens is 362 g/mol. The van der Waals surface area contributed by atoms with Gasteiger partial charge in [0.2, 0.25) is 0 Å². The van der Waals surface area contributed by atoms with Gasteiger partial charge in [-0.25, -0.2) is 0 Å². The molecule has 1 saturated heterocycles. The molecule has 5 heteroatoms. The third-order valence-corrected chi connectivity index (χ3v) is 6.07. The summed E-state index contributed by atoms with van der Waals surface area (Å²) in [5.41, 5.74) is 1.83. The lowest BCUT2D eigenvalue weighted by molar-refractivity contribution is 0.0726. The largest absolute Gasteiger partial charge is 0.497 e. The van der Waals surface area contributed by atoms with Gasteiger partial charge >= 0.3 is 0 Å². The third kappa shape index (κ3) is 6.39. The van der Waals surface area contributed by atoms with Crippen LogP contribution < -0.4 is 4.74 Å². The highest BCUT2D eigenvalue weighted by molar-refractivity contribution is 5.83. The maximum atomic E-state index is 10.9. The molecule has 0 amide bonds. The number of pyridine rings is 1. The summed E-state index contributed by atoms with van der Waals surface area (Å²) in [6.07, 6.45) is 9.40. The van der Waals surface area contributed by atoms with Crippen molar-refractivity contribution in [1.82, 2.24) is 14.8 Å². The maximum absolute atomic E-state index is 10.9. The lowest BCUT2D eigenvalue weighted by Gasteiger charge is -2.35. The van der Waals surface area contributed by atoms with Gasteiger partial charge in [0.05, 0.1) is 18.7 Å². The van der Waals surface area contributed by atoms with Crippen LogP contribution in [0.15, 0.2) is 30.5 Å². The number of benzene rings is 1. The zero-order chi connectivity index (χ0) is 20.5. The van der Waals surface area contributed by atoms with Gasteiger partial charge in [0.25, 0.3) is 0 Å². The van der Waals surface area contributed by atoms with Crippen molar-refractivity contribution in [3.8, 4) is 5.75 Å². The van der Waals surface area contributed by atoms with Crippen molar-refractivity contribution < 1.29 is 9.84 Å². The van der Waals surface area contributed by atoms with Gasteiger partial charge < -0.3 is 14.7 Å². The molecule has 0 saturated carbocycles. The van der Waals surface area contributed by atoms with Crippen LogP contribution in [0.5, 0.6) is 5.75 Å². The molecule has 0 spiro atoms. The average Bonchev–Trinajstić information content (AvgIpc) is 2.76. The van der Waals surface area contributed by atoms with Gasteiger partial charge in [0.15, 0.2) is 0 Å². The number of hydrogen-bond donors (Lipinski definition) is 1. The molecule has 1 aromatic carbocycles. The van der Waals surface area contributed by atoms with Crippen LogP contribution in [0.1, 0.15) is 57.1 Å². The minimum Gasteiger partial charge on any atom is -0.497 e. The van der Waals surface area contributed by atoms with Gasteiger partial charge in [-0.15, -0.1) is 0 Å². The summed E-state index contributed by atoms with van der Waals surface area (Å²) < 4.78 is 5.35. The number of aliphatic hydroxyl groups is 1. The summed E-state index contributed by atoms with van der Waals surface area (Å²) in [4.78, 5) is 9.38. The molecule has 0 aliphatic carbocycles. The van der Waals surface area contributed by atoms with E-state index in [1.54, 1.807) is 13.3 Å². The molecule has 1 atom stereocenters. The van der Waals surface area contributed by atoms with E-state index in [-0.39, 0.29) is 0 Å². The fourth-order valence-electron chi connectivity index (χ4n) is 4.22. The molecule has 2 heterocycles. The van der Waals surface area contributed by atoms with E-state index in [2.05, 4.69) is 21.7 Å². The number of ether oxygens (including phenoxy) is 1. The highest BCUT2D eigenvalue weighted by atomic mass is 16.5. The fraction of sp³-hybridized carbons (Fsp3) is 0.625. The van der Waals surface area contributed by atoms with E-state index in [0.717, 1.165) is 48.4 Å². The van der Waals surface area contributed by atoms with E-state index in [1.807, 2.05) is 24.3 Å². The Morgan fingerprint density at radius 1 is 1.00 bits per heavy atom. The zero-order valence-electron chi connectivity index (χ0n) is 18.1. The number of fused-ring (bicyclic) bond motifs is 1. The first-order valence-corrected chi connectivity index (χ1v) is 11.3. The van der Waals surface area contributed by atoms with Gasteiger partial charge in [-0.2, -0.15) is 0 Å². The minimum atomic E-state index is -0.516. The topological polar surface area (TPSA) is 48.8 Å². The summed E-state index contributed by atoms with van der Waals surface area (Å²) in [7, 11) is 1.67. The van der Waals surface area contributed by atoms with Crippen LogP contribution in [0.3, 0.4) is 0 Å². The van der Waals surface area contributed by atoms with Gasteiger partial charge in [-0.05, 0) is 42.8 Å². The highest BCUT2D eigenvalue weighted by Gasteiger charge is 2.21. The number of aliphatic hydroxyl groups excluding tert-OH is 1. The Hall–Kier alpha value is -1.69. The molecule has 1 aliphatic rings. The molecular formula is C24H37N3O2. The van der Waals surface area contributed by atoms with Crippen LogP contribution in [0.2, 0.25) is 0 Å². The van der Waals surface area contributed by atoms with Gasteiger partial charge in [-0.1, -0.05) is 39.0 Å². The summed E-state index contributed by atoms with van der Waals surface area (Å²) in [5, 5.41) is 11.9. The van der Waals surface area contributed by atoms with Crippen molar-refractivity contribution in [3.63, 3.8) is 0 Å². The molecule has 0 bridgehead atoms. The van der Waals surface area contributed by atoms with Crippen molar-refractivity contribution in [3.05, 3.63) is 36.0 Å². The van der Waals surface area contributed by atoms with Crippen molar-refractivity contribution in [2.75, 3.05) is 46.4 Å². The van der Waals surface area contributed by atoms with Crippen molar-refractivity contribution in [2.24, 2.45) is 0 Å². The highest BCUT2D eigenvalue weighted by Crippen LogP contribution is 2.27. The standard InChI is InChI=1S/C24H37N3O2/c1-3-4-5-6-7-8-13-26-14-16-27(17-15-26)19-24(28)21-11-12-25-23-10-9-20(29-2)18-22(21)23/h9-12,18,24,28H,3-8,13-17,19H2,1-2H3. The summed E-state index contributed by atoms with van der Waals surface area (Å²) in [6.45, 7) is 8.42. The van der Waals surface area contributed by atoms with Crippen LogP contribution in [0.4, 0.5) is 0 Å². The molecule has 0 radical (unpaired) electrons. The first-order valence-electron chi connectivity index (χ1n) is 11.3. The summed E-state index contributed by atoms with van der Waals surface area (Å²) >= 11 is 0. The van der Waals surface area contributed by atoms with Crippen molar-refractivity contribution >= 4 is 10.9 Å². The number of hydrogen-bond acceptors (Lipinski definition) is 5. The second-order valence-corrected chi connectivity index (χ2v) is 8.21. The molecule has 1 unspecified atom stereocenters. The van der Waals surface area contributed by atoms with Gasteiger partial charge in [0, 0.05) is 44.3 Å². The Kier molecular flexibility index (Phi) is 8.71. The molecule has 3 rings (SSSR count). The Morgan fingerprint density at radius 2 is 1.72 bits per heavy atom. The second kappa shape index (κ2) is 11.5. The maximum Gasteiger partial charge on any atom is 0.119 e. The van der Waals surface area contributed by atoms with Crippen LogP contribution in [0, 0.1) is 0 Å². The Morgan fingerprint density at radius 3 is 2.48 bits per heavy atom. The number of rotatable bonds is 11. The molecule has 5 nitrogen and oxygen atoms in total. The van der Waals surface area contributed by atoms with E-state index >= 15 is 0 Å². The van der Waals surface area contributed by atoms with E-state index in [0.29, 0.717) is 6.54 Å². The van der Waals surface area contributed by atoms with Crippen LogP contribution in [-0.4, -0.2) is 66.3 Å². The molecule has 1 fully saturated rings. The number of aromatic nitrogens is 1. The molecule has 1 aromatic heterocycles. The van der Waals surface area contributed by atoms with Gasteiger partial charge in [-0.3, -0.25) is 9.88 Å². The summed E-state index contributed by atoms with van der Waals surface area (Å²) in [6, 6.07) is 7.76. The molecule has 29 heavy (non-hydrogen) atoms. The Labute approximate surface area is 175 Å². The number of unbranched alkanes of at least 4 members (excludes halogenated alkanes) is 5. The fourth-order valence-corrected chi connectivity index (χ4v) is 4.22. The lowest BCUT2D eigenvalue weighted by Crippen LogP contribution is -2.47.